The zero-order valence-corrected chi connectivity index (χ0v) is 14.4. The number of nitrogens with zero attached hydrogens (tertiary/aromatic N) is 1. The number of sulfonamides is 1. The number of aromatic nitrogens is 2. The van der Waals surface area contributed by atoms with E-state index in [4.69, 9.17) is 5.73 Å². The van der Waals surface area contributed by atoms with Crippen molar-refractivity contribution in [1.82, 2.24) is 10.2 Å². The Kier molecular flexibility index (Phi) is 4.40. The van der Waals surface area contributed by atoms with Crippen molar-refractivity contribution in [2.75, 3.05) is 4.72 Å². The van der Waals surface area contributed by atoms with Crippen molar-refractivity contribution < 1.29 is 8.42 Å². The number of aryl methyl sites for hydroxylation is 3. The van der Waals surface area contributed by atoms with E-state index in [1.165, 1.54) is 0 Å². The minimum absolute atomic E-state index is 0.169. The lowest BCUT2D eigenvalue weighted by Crippen LogP contribution is -2.15. The van der Waals surface area contributed by atoms with Crippen LogP contribution in [-0.4, -0.2) is 18.6 Å². The SMILES string of the molecule is Cc1cc(CN)cc(S(=O)(=O)Nc2c(C)n[nH]c2C)c1Br. The molecule has 0 radical (unpaired) electrons. The summed E-state index contributed by atoms with van der Waals surface area (Å²) in [5.41, 5.74) is 8.93. The standard InChI is InChI=1S/C13H17BrN4O2S/c1-7-4-10(6-15)5-11(12(7)14)21(19,20)18-13-8(2)16-17-9(13)3/h4-5,18H,6,15H2,1-3H3,(H,16,17). The van der Waals surface area contributed by atoms with Crippen LogP contribution < -0.4 is 10.5 Å². The Morgan fingerprint density at radius 1 is 1.33 bits per heavy atom. The number of rotatable bonds is 4. The summed E-state index contributed by atoms with van der Waals surface area (Å²) >= 11 is 3.34. The number of benzene rings is 1. The van der Waals surface area contributed by atoms with E-state index in [-0.39, 0.29) is 11.4 Å². The molecule has 0 unspecified atom stereocenters. The van der Waals surface area contributed by atoms with E-state index >= 15 is 0 Å². The van der Waals surface area contributed by atoms with Crippen LogP contribution in [0.2, 0.25) is 0 Å². The summed E-state index contributed by atoms with van der Waals surface area (Å²) in [7, 11) is -3.73. The molecule has 0 saturated heterocycles. The zero-order chi connectivity index (χ0) is 15.8. The maximum absolute atomic E-state index is 12.6. The highest BCUT2D eigenvalue weighted by atomic mass is 79.9. The normalized spacial score (nSPS) is 11.7. The largest absolute Gasteiger partial charge is 0.326 e. The summed E-state index contributed by atoms with van der Waals surface area (Å²) in [5, 5.41) is 6.73. The van der Waals surface area contributed by atoms with E-state index in [9.17, 15) is 8.42 Å². The number of aromatic amines is 1. The quantitative estimate of drug-likeness (QED) is 0.766. The van der Waals surface area contributed by atoms with Gasteiger partial charge in [0.05, 0.1) is 17.1 Å². The molecule has 0 bridgehead atoms. The molecule has 0 amide bonds. The number of H-pyrrole nitrogens is 1. The number of halogens is 1. The molecule has 114 valence electrons. The molecular weight excluding hydrogens is 356 g/mol. The molecule has 0 saturated carbocycles. The summed E-state index contributed by atoms with van der Waals surface area (Å²) in [4.78, 5) is 0.169. The van der Waals surface area contributed by atoms with Gasteiger partial charge in [0, 0.05) is 11.0 Å². The number of hydrogen-bond acceptors (Lipinski definition) is 4. The first kappa shape index (κ1) is 16.0. The third kappa shape index (κ3) is 3.12. The zero-order valence-electron chi connectivity index (χ0n) is 12.0. The third-order valence-electron chi connectivity index (χ3n) is 3.17. The molecule has 2 rings (SSSR count). The van der Waals surface area contributed by atoms with E-state index in [0.29, 0.717) is 21.5 Å². The van der Waals surface area contributed by atoms with Crippen molar-refractivity contribution in [1.29, 1.82) is 0 Å². The van der Waals surface area contributed by atoms with Crippen molar-refractivity contribution in [3.05, 3.63) is 39.1 Å². The Hall–Kier alpha value is -1.38. The van der Waals surface area contributed by atoms with Crippen molar-refractivity contribution in [3.63, 3.8) is 0 Å². The molecule has 21 heavy (non-hydrogen) atoms. The van der Waals surface area contributed by atoms with Gasteiger partial charge < -0.3 is 5.73 Å². The Morgan fingerprint density at radius 3 is 2.52 bits per heavy atom. The van der Waals surface area contributed by atoms with Crippen LogP contribution in [0.25, 0.3) is 0 Å². The van der Waals surface area contributed by atoms with Crippen LogP contribution in [0, 0.1) is 20.8 Å². The molecule has 1 heterocycles. The molecule has 4 N–H and O–H groups in total. The van der Waals surface area contributed by atoms with E-state index in [0.717, 1.165) is 11.1 Å². The summed E-state index contributed by atoms with van der Waals surface area (Å²) in [5.74, 6) is 0. The lowest BCUT2D eigenvalue weighted by atomic mass is 10.1. The summed E-state index contributed by atoms with van der Waals surface area (Å²) in [6, 6.07) is 3.43. The Morgan fingerprint density at radius 2 is 2.00 bits per heavy atom. The van der Waals surface area contributed by atoms with Crippen LogP contribution in [0.1, 0.15) is 22.5 Å². The van der Waals surface area contributed by atoms with Crippen molar-refractivity contribution >= 4 is 31.6 Å². The van der Waals surface area contributed by atoms with E-state index in [1.54, 1.807) is 19.9 Å². The molecule has 1 aromatic heterocycles. The lowest BCUT2D eigenvalue weighted by Gasteiger charge is -2.13. The van der Waals surface area contributed by atoms with E-state index < -0.39 is 10.0 Å². The monoisotopic (exact) mass is 372 g/mol. The average Bonchev–Trinajstić information content (AvgIpc) is 2.73. The number of nitrogens with two attached hydrogens (primary N) is 1. The second-order valence-corrected chi connectivity index (χ2v) is 7.29. The van der Waals surface area contributed by atoms with Gasteiger partial charge >= 0.3 is 0 Å². The van der Waals surface area contributed by atoms with Gasteiger partial charge in [0.2, 0.25) is 0 Å². The summed E-state index contributed by atoms with van der Waals surface area (Å²) in [6.45, 7) is 5.60. The van der Waals surface area contributed by atoms with E-state index in [2.05, 4.69) is 30.8 Å². The number of anilines is 1. The molecule has 0 fully saturated rings. The first-order valence-corrected chi connectivity index (χ1v) is 8.57. The molecule has 8 heteroatoms. The highest BCUT2D eigenvalue weighted by Gasteiger charge is 2.22. The van der Waals surface area contributed by atoms with Gasteiger partial charge in [-0.15, -0.1) is 0 Å². The second kappa shape index (κ2) is 5.78. The van der Waals surface area contributed by atoms with Gasteiger partial charge in [-0.3, -0.25) is 9.82 Å². The van der Waals surface area contributed by atoms with Crippen LogP contribution in [0.5, 0.6) is 0 Å². The van der Waals surface area contributed by atoms with Crippen LogP contribution >= 0.6 is 15.9 Å². The van der Waals surface area contributed by atoms with Crippen LogP contribution in [0.15, 0.2) is 21.5 Å². The maximum atomic E-state index is 12.6. The highest BCUT2D eigenvalue weighted by molar-refractivity contribution is 9.10. The van der Waals surface area contributed by atoms with Gasteiger partial charge in [-0.1, -0.05) is 6.07 Å². The summed E-state index contributed by atoms with van der Waals surface area (Å²) in [6.07, 6.45) is 0. The van der Waals surface area contributed by atoms with E-state index in [1.807, 2.05) is 13.0 Å². The molecule has 0 aliphatic carbocycles. The maximum Gasteiger partial charge on any atom is 0.263 e. The van der Waals surface area contributed by atoms with Crippen LogP contribution in [0.4, 0.5) is 5.69 Å². The highest BCUT2D eigenvalue weighted by Crippen LogP contribution is 2.29. The molecule has 0 spiro atoms. The first-order chi connectivity index (χ1) is 9.76. The third-order valence-corrected chi connectivity index (χ3v) is 5.86. The lowest BCUT2D eigenvalue weighted by molar-refractivity contribution is 0.600. The molecular formula is C13H17BrN4O2S. The molecule has 0 atom stereocenters. The fourth-order valence-electron chi connectivity index (χ4n) is 2.01. The predicted octanol–water partition coefficient (Wildman–Crippen LogP) is 2.36. The predicted molar refractivity (Wildman–Crippen MR) is 85.6 cm³/mol. The Bertz CT molecular complexity index is 764. The fraction of sp³-hybridized carbons (Fsp3) is 0.308. The molecule has 2 aromatic rings. The minimum atomic E-state index is -3.73. The molecule has 0 aliphatic rings. The number of nitrogens with one attached hydrogen (secondary N) is 2. The smallest absolute Gasteiger partial charge is 0.263 e. The van der Waals surface area contributed by atoms with Gasteiger partial charge in [0.25, 0.3) is 10.0 Å². The van der Waals surface area contributed by atoms with Crippen LogP contribution in [0.3, 0.4) is 0 Å². The van der Waals surface area contributed by atoms with Crippen molar-refractivity contribution in [3.8, 4) is 0 Å². The van der Waals surface area contributed by atoms with Gasteiger partial charge in [-0.05, 0) is 53.9 Å². The minimum Gasteiger partial charge on any atom is -0.326 e. The van der Waals surface area contributed by atoms with Gasteiger partial charge in [-0.2, -0.15) is 5.10 Å². The Labute approximate surface area is 132 Å². The van der Waals surface area contributed by atoms with Gasteiger partial charge in [-0.25, -0.2) is 8.42 Å². The average molecular weight is 373 g/mol. The molecule has 6 nitrogen and oxygen atoms in total. The van der Waals surface area contributed by atoms with Gasteiger partial charge in [0.1, 0.15) is 4.90 Å². The topological polar surface area (TPSA) is 101 Å². The Balaban J connectivity index is 2.52. The first-order valence-electron chi connectivity index (χ1n) is 6.29. The van der Waals surface area contributed by atoms with Crippen molar-refractivity contribution in [2.45, 2.75) is 32.2 Å². The van der Waals surface area contributed by atoms with Crippen molar-refractivity contribution in [2.24, 2.45) is 5.73 Å². The van der Waals surface area contributed by atoms with Gasteiger partial charge in [0.15, 0.2) is 0 Å². The summed E-state index contributed by atoms with van der Waals surface area (Å²) < 4.78 is 28.4. The second-order valence-electron chi connectivity index (χ2n) is 4.84. The van der Waals surface area contributed by atoms with Crippen LogP contribution in [-0.2, 0) is 16.6 Å². The molecule has 0 aliphatic heterocycles. The fourth-order valence-corrected chi connectivity index (χ4v) is 4.26. The molecule has 1 aromatic carbocycles. The number of hydrogen-bond donors (Lipinski definition) is 3.